The van der Waals surface area contributed by atoms with Crippen molar-refractivity contribution >= 4 is 0 Å². The molecular formula is C18H31N. The van der Waals surface area contributed by atoms with Crippen LogP contribution in [0.3, 0.4) is 0 Å². The molecular weight excluding hydrogens is 230 g/mol. The number of hydrogen-bond donors (Lipinski definition) is 1. The zero-order valence-electron chi connectivity index (χ0n) is 13.6. The predicted molar refractivity (Wildman–Crippen MR) is 85.6 cm³/mol. The van der Waals surface area contributed by atoms with Crippen LogP contribution in [0, 0.1) is 5.41 Å². The second-order valence-electron chi connectivity index (χ2n) is 7.62. The topological polar surface area (TPSA) is 12.0 Å². The highest BCUT2D eigenvalue weighted by Gasteiger charge is 2.23. The molecule has 0 amide bonds. The highest BCUT2D eigenvalue weighted by Crippen LogP contribution is 2.28. The van der Waals surface area contributed by atoms with Gasteiger partial charge in [-0.25, -0.2) is 0 Å². The van der Waals surface area contributed by atoms with Crippen molar-refractivity contribution in [3.63, 3.8) is 0 Å². The molecule has 0 saturated heterocycles. The highest BCUT2D eigenvalue weighted by atomic mass is 14.9. The lowest BCUT2D eigenvalue weighted by atomic mass is 9.79. The van der Waals surface area contributed by atoms with Gasteiger partial charge in [0.25, 0.3) is 0 Å². The Morgan fingerprint density at radius 2 is 1.58 bits per heavy atom. The van der Waals surface area contributed by atoms with Gasteiger partial charge in [0.15, 0.2) is 0 Å². The summed E-state index contributed by atoms with van der Waals surface area (Å²) < 4.78 is 0. The zero-order valence-corrected chi connectivity index (χ0v) is 13.6. The van der Waals surface area contributed by atoms with Gasteiger partial charge in [-0.1, -0.05) is 65.0 Å². The zero-order chi connectivity index (χ0) is 14.5. The Kier molecular flexibility index (Phi) is 5.61. The van der Waals surface area contributed by atoms with Crippen molar-refractivity contribution in [2.24, 2.45) is 5.41 Å². The molecule has 0 aromatic heterocycles. The SMILES string of the molecule is CC(CC(C)(C)c1ccccc1)NCCC(C)(C)C. The van der Waals surface area contributed by atoms with Gasteiger partial charge in [0.2, 0.25) is 0 Å². The summed E-state index contributed by atoms with van der Waals surface area (Å²) in [5.41, 5.74) is 2.08. The van der Waals surface area contributed by atoms with Crippen molar-refractivity contribution in [2.75, 3.05) is 6.54 Å². The monoisotopic (exact) mass is 261 g/mol. The maximum absolute atomic E-state index is 3.67. The number of hydrogen-bond acceptors (Lipinski definition) is 1. The molecule has 1 atom stereocenters. The highest BCUT2D eigenvalue weighted by molar-refractivity contribution is 5.23. The Balaban J connectivity index is 2.45. The maximum Gasteiger partial charge on any atom is 0.00470 e. The van der Waals surface area contributed by atoms with E-state index in [9.17, 15) is 0 Å². The third-order valence-electron chi connectivity index (χ3n) is 3.74. The number of nitrogens with one attached hydrogen (secondary N) is 1. The minimum absolute atomic E-state index is 0.232. The molecule has 1 aromatic carbocycles. The fourth-order valence-electron chi connectivity index (χ4n) is 2.54. The molecule has 19 heavy (non-hydrogen) atoms. The van der Waals surface area contributed by atoms with Gasteiger partial charge in [-0.3, -0.25) is 0 Å². The summed E-state index contributed by atoms with van der Waals surface area (Å²) in [5, 5.41) is 3.67. The van der Waals surface area contributed by atoms with E-state index in [2.05, 4.69) is 77.2 Å². The van der Waals surface area contributed by atoms with Crippen molar-refractivity contribution in [3.05, 3.63) is 35.9 Å². The number of rotatable bonds is 6. The molecule has 0 fully saturated rings. The van der Waals surface area contributed by atoms with Crippen LogP contribution in [0.15, 0.2) is 30.3 Å². The molecule has 0 aliphatic carbocycles. The van der Waals surface area contributed by atoms with E-state index in [-0.39, 0.29) is 5.41 Å². The first kappa shape index (κ1) is 16.2. The van der Waals surface area contributed by atoms with Gasteiger partial charge in [0, 0.05) is 6.04 Å². The van der Waals surface area contributed by atoms with Gasteiger partial charge < -0.3 is 5.32 Å². The van der Waals surface area contributed by atoms with E-state index in [4.69, 9.17) is 0 Å². The molecule has 0 radical (unpaired) electrons. The molecule has 1 unspecified atom stereocenters. The predicted octanol–water partition coefficient (Wildman–Crippen LogP) is 4.77. The van der Waals surface area contributed by atoms with E-state index in [1.54, 1.807) is 0 Å². The summed E-state index contributed by atoms with van der Waals surface area (Å²) >= 11 is 0. The third kappa shape index (κ3) is 6.24. The van der Waals surface area contributed by atoms with Gasteiger partial charge in [-0.15, -0.1) is 0 Å². The fraction of sp³-hybridized carbons (Fsp3) is 0.667. The molecule has 1 nitrogen and oxygen atoms in total. The molecule has 0 spiro atoms. The largest absolute Gasteiger partial charge is 0.314 e. The standard InChI is InChI=1S/C18H31N/c1-15(19-13-12-17(2,3)4)14-18(5,6)16-10-8-7-9-11-16/h7-11,15,19H,12-14H2,1-6H3. The molecule has 0 aliphatic heterocycles. The lowest BCUT2D eigenvalue weighted by molar-refractivity contribution is 0.334. The Hall–Kier alpha value is -0.820. The van der Waals surface area contributed by atoms with Gasteiger partial charge in [-0.05, 0) is 42.7 Å². The summed E-state index contributed by atoms with van der Waals surface area (Å²) in [4.78, 5) is 0. The summed E-state index contributed by atoms with van der Waals surface area (Å²) in [7, 11) is 0. The van der Waals surface area contributed by atoms with Crippen LogP contribution in [0.5, 0.6) is 0 Å². The molecule has 0 bridgehead atoms. The lowest BCUT2D eigenvalue weighted by Gasteiger charge is -2.30. The lowest BCUT2D eigenvalue weighted by Crippen LogP contribution is -2.34. The van der Waals surface area contributed by atoms with Crippen molar-refractivity contribution < 1.29 is 0 Å². The van der Waals surface area contributed by atoms with E-state index in [1.807, 2.05) is 0 Å². The van der Waals surface area contributed by atoms with Gasteiger partial charge >= 0.3 is 0 Å². The van der Waals surface area contributed by atoms with Crippen LogP contribution in [0.1, 0.15) is 59.9 Å². The smallest absolute Gasteiger partial charge is 0.00470 e. The van der Waals surface area contributed by atoms with Crippen LogP contribution < -0.4 is 5.32 Å². The van der Waals surface area contributed by atoms with Crippen LogP contribution in [0.2, 0.25) is 0 Å². The Bertz CT molecular complexity index is 359. The summed E-state index contributed by atoms with van der Waals surface area (Å²) in [6.45, 7) is 15.0. The fourth-order valence-corrected chi connectivity index (χ4v) is 2.54. The first-order valence-corrected chi connectivity index (χ1v) is 7.50. The quantitative estimate of drug-likeness (QED) is 0.778. The van der Waals surface area contributed by atoms with Gasteiger partial charge in [0.1, 0.15) is 0 Å². The Labute approximate surface area is 119 Å². The minimum Gasteiger partial charge on any atom is -0.314 e. The first-order chi connectivity index (χ1) is 8.71. The maximum atomic E-state index is 3.67. The van der Waals surface area contributed by atoms with Crippen LogP contribution in [-0.4, -0.2) is 12.6 Å². The first-order valence-electron chi connectivity index (χ1n) is 7.50. The summed E-state index contributed by atoms with van der Waals surface area (Å²) in [5.74, 6) is 0. The molecule has 0 saturated carbocycles. The van der Waals surface area contributed by atoms with E-state index in [0.717, 1.165) is 6.54 Å². The average Bonchev–Trinajstić information content (AvgIpc) is 2.27. The summed E-state index contributed by atoms with van der Waals surface area (Å²) in [6.07, 6.45) is 2.39. The molecule has 0 aliphatic rings. The van der Waals surface area contributed by atoms with E-state index < -0.39 is 0 Å². The van der Waals surface area contributed by atoms with Crippen LogP contribution in [0.4, 0.5) is 0 Å². The van der Waals surface area contributed by atoms with E-state index in [1.165, 1.54) is 18.4 Å². The number of benzene rings is 1. The summed E-state index contributed by atoms with van der Waals surface area (Å²) in [6, 6.07) is 11.4. The normalized spacial score (nSPS) is 14.4. The average molecular weight is 261 g/mol. The van der Waals surface area contributed by atoms with Crippen LogP contribution >= 0.6 is 0 Å². The van der Waals surface area contributed by atoms with Gasteiger partial charge in [-0.2, -0.15) is 0 Å². The second kappa shape index (κ2) is 6.56. The molecule has 108 valence electrons. The van der Waals surface area contributed by atoms with Crippen molar-refractivity contribution in [3.8, 4) is 0 Å². The van der Waals surface area contributed by atoms with E-state index in [0.29, 0.717) is 11.5 Å². The minimum atomic E-state index is 0.232. The van der Waals surface area contributed by atoms with Gasteiger partial charge in [0.05, 0.1) is 0 Å². The Morgan fingerprint density at radius 3 is 2.11 bits per heavy atom. The van der Waals surface area contributed by atoms with Crippen LogP contribution in [0.25, 0.3) is 0 Å². The van der Waals surface area contributed by atoms with Crippen molar-refractivity contribution in [1.82, 2.24) is 5.32 Å². The Morgan fingerprint density at radius 1 is 1.00 bits per heavy atom. The second-order valence-corrected chi connectivity index (χ2v) is 7.62. The molecule has 1 N–H and O–H groups in total. The molecule has 1 rings (SSSR count). The van der Waals surface area contributed by atoms with Crippen LogP contribution in [-0.2, 0) is 5.41 Å². The molecule has 0 heterocycles. The van der Waals surface area contributed by atoms with Crippen molar-refractivity contribution in [1.29, 1.82) is 0 Å². The van der Waals surface area contributed by atoms with Crippen molar-refractivity contribution in [2.45, 2.75) is 65.8 Å². The third-order valence-corrected chi connectivity index (χ3v) is 3.74. The molecule has 1 heteroatoms. The molecule has 1 aromatic rings. The van der Waals surface area contributed by atoms with E-state index >= 15 is 0 Å².